The van der Waals surface area contributed by atoms with Gasteiger partial charge in [-0.1, -0.05) is 56.3 Å². The van der Waals surface area contributed by atoms with Crippen molar-refractivity contribution >= 4 is 13.6 Å². The third-order valence-corrected chi connectivity index (χ3v) is 6.56. The molecule has 0 spiro atoms. The van der Waals surface area contributed by atoms with Gasteiger partial charge in [-0.15, -0.1) is 0 Å². The summed E-state index contributed by atoms with van der Waals surface area (Å²) in [6.07, 6.45) is -3.33. The van der Waals surface area contributed by atoms with E-state index in [1.807, 2.05) is 44.2 Å². The maximum Gasteiger partial charge on any atom is 1.00 e. The Morgan fingerprint density at radius 2 is 1.69 bits per heavy atom. The van der Waals surface area contributed by atoms with Crippen molar-refractivity contribution in [2.45, 2.75) is 38.9 Å². The first-order chi connectivity index (χ1) is 16.1. The van der Waals surface area contributed by atoms with Crippen LogP contribution in [-0.2, 0) is 20.5 Å². The number of rotatable bonds is 10. The fraction of sp³-hybridized carbons (Fsp3) is 0.280. The molecule has 11 heteroatoms. The molecule has 180 valence electrons. The minimum absolute atomic E-state index is 0. The van der Waals surface area contributed by atoms with Crippen molar-refractivity contribution in [3.8, 4) is 22.4 Å². The van der Waals surface area contributed by atoms with E-state index in [2.05, 4.69) is 0 Å². The van der Waals surface area contributed by atoms with Crippen LogP contribution in [0.4, 0.5) is 4.39 Å². The molecule has 36 heavy (non-hydrogen) atoms. The fourth-order valence-corrected chi connectivity index (χ4v) is 4.67. The summed E-state index contributed by atoms with van der Waals surface area (Å²) in [5.41, 5.74) is 3.93. The van der Waals surface area contributed by atoms with Crippen LogP contribution in [0.3, 0.4) is 0 Å². The quantitative estimate of drug-likeness (QED) is 0.223. The summed E-state index contributed by atoms with van der Waals surface area (Å²) >= 11 is 0. The topological polar surface area (TPSA) is 123 Å². The Hall–Kier alpha value is -0.900. The van der Waals surface area contributed by atoms with E-state index in [1.54, 1.807) is 18.2 Å². The van der Waals surface area contributed by atoms with Gasteiger partial charge in [0.25, 0.3) is 0 Å². The molecule has 1 unspecified atom stereocenters. The predicted octanol–water partition coefficient (Wildman–Crippen LogP) is -2.74. The van der Waals surface area contributed by atoms with Crippen LogP contribution >= 0.6 is 7.60 Å². The number of aliphatic carboxylic acids is 1. The number of carbonyl (C=O) groups is 1. The summed E-state index contributed by atoms with van der Waals surface area (Å²) in [6.45, 7) is 3.45. The molecular weight excluding hydrogens is 506 g/mol. The zero-order valence-corrected chi connectivity index (χ0v) is 25.7. The molecule has 0 amide bonds. The number of benzene rings is 2. The van der Waals surface area contributed by atoms with E-state index in [1.165, 1.54) is 12.1 Å². The average molecular weight is 531 g/mol. The molecule has 7 nitrogen and oxygen atoms in total. The Morgan fingerprint density at radius 3 is 2.25 bits per heavy atom. The smallest absolute Gasteiger partial charge is 0.778 e. The summed E-state index contributed by atoms with van der Waals surface area (Å²) in [5.74, 6) is -2.07. The van der Waals surface area contributed by atoms with Crippen molar-refractivity contribution < 1.29 is 92.5 Å². The zero-order valence-electron chi connectivity index (χ0n) is 20.8. The summed E-state index contributed by atoms with van der Waals surface area (Å²) in [7, 11) is -4.59. The first-order valence-corrected chi connectivity index (χ1v) is 12.5. The third-order valence-electron chi connectivity index (χ3n) is 5.17. The van der Waals surface area contributed by atoms with Crippen LogP contribution in [0.15, 0.2) is 60.7 Å². The van der Waals surface area contributed by atoms with Gasteiger partial charge in [-0.3, -0.25) is 4.98 Å². The number of hydrogen-bond donors (Lipinski definition) is 1. The van der Waals surface area contributed by atoms with Gasteiger partial charge in [0.1, 0.15) is 13.4 Å². The number of halogens is 1. The van der Waals surface area contributed by atoms with E-state index in [9.17, 15) is 28.9 Å². The van der Waals surface area contributed by atoms with Crippen LogP contribution in [0.2, 0.25) is 0 Å². The van der Waals surface area contributed by atoms with E-state index in [0.29, 0.717) is 28.1 Å². The van der Waals surface area contributed by atoms with Crippen molar-refractivity contribution in [2.24, 2.45) is 0 Å². The number of nitrogens with zero attached hydrogens (tertiary/aromatic N) is 1. The van der Waals surface area contributed by atoms with Gasteiger partial charge in [-0.05, 0) is 35.2 Å². The van der Waals surface area contributed by atoms with Crippen LogP contribution in [0.25, 0.3) is 22.4 Å². The van der Waals surface area contributed by atoms with E-state index in [4.69, 9.17) is 9.51 Å². The molecule has 0 fully saturated rings. The van der Waals surface area contributed by atoms with Crippen molar-refractivity contribution in [1.82, 2.24) is 4.98 Å². The normalized spacial score (nSPS) is 13.3. The summed E-state index contributed by atoms with van der Waals surface area (Å²) in [6, 6.07) is 17.1. The number of carbonyl (C=O) groups excluding carboxylic acids is 1. The number of aliphatic hydroxyl groups excluding tert-OH is 1. The molecule has 0 aliphatic heterocycles. The molecule has 0 aliphatic carbocycles. The van der Waals surface area contributed by atoms with Crippen LogP contribution < -0.4 is 69.1 Å². The molecule has 2 aromatic carbocycles. The molecule has 0 bridgehead atoms. The van der Waals surface area contributed by atoms with Gasteiger partial charge in [-0.2, -0.15) is 0 Å². The minimum Gasteiger partial charge on any atom is -0.778 e. The van der Waals surface area contributed by atoms with Gasteiger partial charge in [-0.25, -0.2) is 4.39 Å². The molecule has 3 rings (SSSR count). The zero-order chi connectivity index (χ0) is 24.9. The number of pyridine rings is 1. The first-order valence-electron chi connectivity index (χ1n) is 10.7. The van der Waals surface area contributed by atoms with Gasteiger partial charge >= 0.3 is 59.1 Å². The van der Waals surface area contributed by atoms with Crippen molar-refractivity contribution in [3.63, 3.8) is 0 Å². The molecule has 0 saturated carbocycles. The SMILES string of the molecule is CC(C)c1nc(-c2ccccc2)cc(-c2ccc(F)cc2)c1COP(=O)([O-])C[C@H](O)CC(=O)[O-].[Na+].[Na+]. The molecule has 1 heterocycles. The van der Waals surface area contributed by atoms with E-state index >= 15 is 0 Å². The first kappa shape index (κ1) is 33.1. The van der Waals surface area contributed by atoms with Gasteiger partial charge in [0.15, 0.2) is 0 Å². The number of aliphatic hydroxyl groups is 1. The summed E-state index contributed by atoms with van der Waals surface area (Å²) in [5, 5.41) is 20.3. The molecule has 3 aromatic rings. The second kappa shape index (κ2) is 14.9. The van der Waals surface area contributed by atoms with E-state index in [0.717, 1.165) is 5.56 Å². The number of carboxylic acid groups (broad SMARTS) is 1. The predicted molar refractivity (Wildman–Crippen MR) is 122 cm³/mol. The van der Waals surface area contributed by atoms with Crippen molar-refractivity contribution in [1.29, 1.82) is 0 Å². The second-order valence-electron chi connectivity index (χ2n) is 8.24. The number of aromatic nitrogens is 1. The van der Waals surface area contributed by atoms with Crippen molar-refractivity contribution in [3.05, 3.63) is 77.7 Å². The molecule has 0 saturated heterocycles. The third kappa shape index (κ3) is 9.44. The van der Waals surface area contributed by atoms with Crippen molar-refractivity contribution in [2.75, 3.05) is 6.16 Å². The molecule has 0 aliphatic rings. The minimum atomic E-state index is -4.59. The Morgan fingerprint density at radius 1 is 1.08 bits per heavy atom. The molecular formula is C25H25FNNa2O6P. The van der Waals surface area contributed by atoms with Gasteiger partial charge in [0, 0.05) is 35.4 Å². The Bertz CT molecular complexity index is 1200. The Labute approximate surface area is 254 Å². The number of carboxylic acids is 1. The number of hydrogen-bond acceptors (Lipinski definition) is 7. The maximum atomic E-state index is 13.6. The summed E-state index contributed by atoms with van der Waals surface area (Å²) in [4.78, 5) is 27.8. The fourth-order valence-electron chi connectivity index (χ4n) is 3.60. The Balaban J connectivity index is 0.00000324. The molecule has 1 aromatic heterocycles. The monoisotopic (exact) mass is 531 g/mol. The van der Waals surface area contributed by atoms with E-state index in [-0.39, 0.29) is 71.6 Å². The van der Waals surface area contributed by atoms with Gasteiger partial charge < -0.3 is 29.0 Å². The molecule has 0 radical (unpaired) electrons. The largest absolute Gasteiger partial charge is 1.00 e. The summed E-state index contributed by atoms with van der Waals surface area (Å²) < 4.78 is 31.2. The van der Waals surface area contributed by atoms with Gasteiger partial charge in [0.2, 0.25) is 0 Å². The maximum absolute atomic E-state index is 13.6. The van der Waals surface area contributed by atoms with Crippen LogP contribution in [-0.4, -0.2) is 28.3 Å². The van der Waals surface area contributed by atoms with Gasteiger partial charge in [0.05, 0.1) is 18.4 Å². The second-order valence-corrected chi connectivity index (χ2v) is 10.1. The van der Waals surface area contributed by atoms with E-state index < -0.39 is 38.1 Å². The standard InChI is InChI=1S/C25H27FNO6P.2Na/c1-16(2)25-22(14-33-34(31,32)15-20(28)12-24(29)30)21(17-8-10-19(26)11-9-17)13-23(27-25)18-6-4-3-5-7-18;;/h3-11,13,16,20,28H,12,14-15H2,1-2H3,(H,29,30)(H,31,32);;/q;2*+1/p-2/t20-;;/m1../s1. The van der Waals surface area contributed by atoms with Crippen LogP contribution in [0.1, 0.15) is 37.4 Å². The molecule has 2 atom stereocenters. The van der Waals surface area contributed by atoms with Crippen LogP contribution in [0.5, 0.6) is 0 Å². The Kier molecular flexibility index (Phi) is 13.7. The van der Waals surface area contributed by atoms with Crippen LogP contribution in [0, 0.1) is 5.82 Å². The molecule has 1 N–H and O–H groups in total. The average Bonchev–Trinajstić information content (AvgIpc) is 2.77.